The van der Waals surface area contributed by atoms with E-state index in [1.165, 1.54) is 4.31 Å². The predicted molar refractivity (Wildman–Crippen MR) is 109 cm³/mol. The molecule has 2 aromatic rings. The molecule has 0 aliphatic rings. The van der Waals surface area contributed by atoms with Crippen molar-refractivity contribution >= 4 is 38.7 Å². The monoisotopic (exact) mass is 393 g/mol. The van der Waals surface area contributed by atoms with Crippen LogP contribution in [0.15, 0.2) is 53.4 Å². The highest BCUT2D eigenvalue weighted by Gasteiger charge is 2.21. The highest BCUT2D eigenvalue weighted by Crippen LogP contribution is 2.23. The number of ether oxygens (including phenoxy) is 1. The number of para-hydroxylation sites is 2. The zero-order chi connectivity index (χ0) is 19.2. The summed E-state index contributed by atoms with van der Waals surface area (Å²) in [5, 5.41) is 6.48. The van der Waals surface area contributed by atoms with Gasteiger partial charge >= 0.3 is 0 Å². The summed E-state index contributed by atoms with van der Waals surface area (Å²) in [7, 11) is -1.87. The summed E-state index contributed by atoms with van der Waals surface area (Å²) in [4.78, 5) is 0.260. The lowest BCUT2D eigenvalue weighted by molar-refractivity contribution is 0.417. The van der Waals surface area contributed by atoms with Gasteiger partial charge < -0.3 is 15.4 Å². The van der Waals surface area contributed by atoms with E-state index in [0.717, 1.165) is 5.69 Å². The summed E-state index contributed by atoms with van der Waals surface area (Å²) in [5.74, 6) is 0.678. The van der Waals surface area contributed by atoms with E-state index in [4.69, 9.17) is 17.0 Å². The van der Waals surface area contributed by atoms with Crippen molar-refractivity contribution in [3.05, 3.63) is 48.5 Å². The molecule has 0 heterocycles. The van der Waals surface area contributed by atoms with E-state index in [-0.39, 0.29) is 4.90 Å². The summed E-state index contributed by atoms with van der Waals surface area (Å²) in [6.07, 6.45) is 0. The topological polar surface area (TPSA) is 70.7 Å². The highest BCUT2D eigenvalue weighted by atomic mass is 32.2. The van der Waals surface area contributed by atoms with Gasteiger partial charge in [0.15, 0.2) is 5.11 Å². The van der Waals surface area contributed by atoms with Crippen LogP contribution in [-0.2, 0) is 10.0 Å². The fourth-order valence-corrected chi connectivity index (χ4v) is 4.14. The van der Waals surface area contributed by atoms with Crippen LogP contribution in [0, 0.1) is 0 Å². The van der Waals surface area contributed by atoms with Gasteiger partial charge in [-0.3, -0.25) is 0 Å². The minimum absolute atomic E-state index is 0.260. The molecule has 0 fully saturated rings. The van der Waals surface area contributed by atoms with Crippen LogP contribution < -0.4 is 15.4 Å². The van der Waals surface area contributed by atoms with Crippen LogP contribution in [0.25, 0.3) is 0 Å². The number of benzene rings is 2. The van der Waals surface area contributed by atoms with Gasteiger partial charge in [0.25, 0.3) is 0 Å². The Labute approximate surface area is 160 Å². The molecule has 0 atom stereocenters. The molecular formula is C18H23N3O3S2. The highest BCUT2D eigenvalue weighted by molar-refractivity contribution is 7.89. The molecule has 0 radical (unpaired) electrons. The number of methoxy groups -OCH3 is 1. The number of nitrogens with one attached hydrogen (secondary N) is 2. The number of sulfonamides is 1. The Morgan fingerprint density at radius 1 is 1.04 bits per heavy atom. The normalized spacial score (nSPS) is 11.2. The molecule has 140 valence electrons. The van der Waals surface area contributed by atoms with Crippen LogP contribution in [0.3, 0.4) is 0 Å². The van der Waals surface area contributed by atoms with Crippen LogP contribution in [0.4, 0.5) is 11.4 Å². The summed E-state index contributed by atoms with van der Waals surface area (Å²) < 4.78 is 31.7. The van der Waals surface area contributed by atoms with E-state index in [2.05, 4.69) is 10.6 Å². The maximum Gasteiger partial charge on any atom is 0.243 e. The number of thiocarbonyl (C=S) groups is 1. The Morgan fingerprint density at radius 3 is 2.23 bits per heavy atom. The number of hydrogen-bond donors (Lipinski definition) is 2. The van der Waals surface area contributed by atoms with E-state index in [0.29, 0.717) is 29.6 Å². The van der Waals surface area contributed by atoms with E-state index in [1.54, 1.807) is 31.4 Å². The van der Waals surface area contributed by atoms with Gasteiger partial charge in [0.1, 0.15) is 5.75 Å². The lowest BCUT2D eigenvalue weighted by Crippen LogP contribution is -2.30. The minimum Gasteiger partial charge on any atom is -0.495 e. The summed E-state index contributed by atoms with van der Waals surface area (Å²) in [6.45, 7) is 4.51. The van der Waals surface area contributed by atoms with E-state index < -0.39 is 10.0 Å². The number of rotatable bonds is 7. The molecule has 0 unspecified atom stereocenters. The predicted octanol–water partition coefficient (Wildman–Crippen LogP) is 3.53. The fourth-order valence-electron chi connectivity index (χ4n) is 2.46. The molecule has 8 heteroatoms. The molecule has 0 bridgehead atoms. The van der Waals surface area contributed by atoms with E-state index in [1.807, 2.05) is 38.1 Å². The van der Waals surface area contributed by atoms with Crippen LogP contribution in [-0.4, -0.2) is 38.0 Å². The quantitative estimate of drug-likeness (QED) is 0.701. The van der Waals surface area contributed by atoms with Gasteiger partial charge in [-0.25, -0.2) is 8.42 Å². The average Bonchev–Trinajstić information content (AvgIpc) is 2.63. The van der Waals surface area contributed by atoms with Gasteiger partial charge in [-0.2, -0.15) is 4.31 Å². The molecule has 2 aromatic carbocycles. The first kappa shape index (κ1) is 20.2. The van der Waals surface area contributed by atoms with Crippen LogP contribution >= 0.6 is 12.2 Å². The third-order valence-electron chi connectivity index (χ3n) is 3.81. The third kappa shape index (κ3) is 4.72. The molecule has 0 aliphatic heterocycles. The van der Waals surface area contributed by atoms with E-state index >= 15 is 0 Å². The van der Waals surface area contributed by atoms with E-state index in [9.17, 15) is 8.42 Å². The van der Waals surface area contributed by atoms with Gasteiger partial charge in [0, 0.05) is 18.8 Å². The molecule has 0 saturated carbocycles. The Bertz CT molecular complexity index is 848. The van der Waals surface area contributed by atoms with Crippen molar-refractivity contribution in [1.82, 2.24) is 4.31 Å². The second kappa shape index (κ2) is 8.98. The first-order chi connectivity index (χ1) is 12.4. The van der Waals surface area contributed by atoms with Gasteiger partial charge in [-0.1, -0.05) is 26.0 Å². The fraction of sp³-hybridized carbons (Fsp3) is 0.278. The van der Waals surface area contributed by atoms with Crippen molar-refractivity contribution in [2.24, 2.45) is 0 Å². The zero-order valence-electron chi connectivity index (χ0n) is 15.0. The lowest BCUT2D eigenvalue weighted by atomic mass is 10.3. The van der Waals surface area contributed by atoms with Crippen molar-refractivity contribution < 1.29 is 13.2 Å². The van der Waals surface area contributed by atoms with Crippen LogP contribution in [0.1, 0.15) is 13.8 Å². The molecule has 26 heavy (non-hydrogen) atoms. The third-order valence-corrected chi connectivity index (χ3v) is 6.08. The SMILES string of the molecule is CCN(CC)S(=O)(=O)c1ccc(NC(=S)Nc2ccccc2OC)cc1. The van der Waals surface area contributed by atoms with Gasteiger partial charge in [-0.15, -0.1) is 0 Å². The smallest absolute Gasteiger partial charge is 0.243 e. The number of nitrogens with zero attached hydrogens (tertiary/aromatic N) is 1. The summed E-state index contributed by atoms with van der Waals surface area (Å²) in [6, 6.07) is 13.9. The second-order valence-corrected chi connectivity index (χ2v) is 7.74. The largest absolute Gasteiger partial charge is 0.495 e. The Kier molecular flexibility index (Phi) is 6.96. The molecule has 6 nitrogen and oxygen atoms in total. The maximum absolute atomic E-state index is 12.5. The molecule has 2 N–H and O–H groups in total. The van der Waals surface area contributed by atoms with Crippen molar-refractivity contribution in [3.8, 4) is 5.75 Å². The number of anilines is 2. The Hall–Kier alpha value is -2.16. The maximum atomic E-state index is 12.5. The molecular weight excluding hydrogens is 370 g/mol. The molecule has 0 aliphatic carbocycles. The minimum atomic E-state index is -3.46. The Balaban J connectivity index is 2.08. The average molecular weight is 394 g/mol. The van der Waals surface area contributed by atoms with Crippen molar-refractivity contribution in [3.63, 3.8) is 0 Å². The molecule has 0 amide bonds. The summed E-state index contributed by atoms with van der Waals surface area (Å²) in [5.41, 5.74) is 1.43. The standard InChI is InChI=1S/C18H23N3O3S2/c1-4-21(5-2)26(22,23)15-12-10-14(11-13-15)19-18(25)20-16-8-6-7-9-17(16)24-3/h6-13H,4-5H2,1-3H3,(H2,19,20,25). The van der Waals surface area contributed by atoms with Crippen molar-refractivity contribution in [2.45, 2.75) is 18.7 Å². The van der Waals surface area contributed by atoms with Crippen molar-refractivity contribution in [2.75, 3.05) is 30.8 Å². The van der Waals surface area contributed by atoms with Crippen LogP contribution in [0.5, 0.6) is 5.75 Å². The first-order valence-electron chi connectivity index (χ1n) is 8.23. The van der Waals surface area contributed by atoms with Gasteiger partial charge in [-0.05, 0) is 48.6 Å². The van der Waals surface area contributed by atoms with Gasteiger partial charge in [0.05, 0.1) is 17.7 Å². The van der Waals surface area contributed by atoms with Crippen molar-refractivity contribution in [1.29, 1.82) is 0 Å². The molecule has 0 spiro atoms. The molecule has 0 aromatic heterocycles. The van der Waals surface area contributed by atoms with Crippen LogP contribution in [0.2, 0.25) is 0 Å². The number of hydrogen-bond acceptors (Lipinski definition) is 4. The first-order valence-corrected chi connectivity index (χ1v) is 10.1. The summed E-state index contributed by atoms with van der Waals surface area (Å²) >= 11 is 5.31. The van der Waals surface area contributed by atoms with Gasteiger partial charge in [0.2, 0.25) is 10.0 Å². The Morgan fingerprint density at radius 2 is 1.65 bits per heavy atom. The molecule has 2 rings (SSSR count). The second-order valence-electron chi connectivity index (χ2n) is 5.39. The lowest BCUT2D eigenvalue weighted by Gasteiger charge is -2.18. The molecule has 0 saturated heterocycles. The zero-order valence-corrected chi connectivity index (χ0v) is 16.7.